The topological polar surface area (TPSA) is 77.2 Å². The fourth-order valence-electron chi connectivity index (χ4n) is 2.96. The number of carbonyl (C=O) groups is 1. The van der Waals surface area contributed by atoms with Crippen LogP contribution in [0.4, 0.5) is 5.82 Å². The molecule has 2 unspecified atom stereocenters. The molecule has 1 heterocycles. The summed E-state index contributed by atoms with van der Waals surface area (Å²) < 4.78 is 5.39. The quantitative estimate of drug-likeness (QED) is 0.905. The summed E-state index contributed by atoms with van der Waals surface area (Å²) in [7, 11) is 1.68. The number of hydrogen-bond donors (Lipinski definition) is 2. The zero-order valence-electron chi connectivity index (χ0n) is 12.0. The highest BCUT2D eigenvalue weighted by Gasteiger charge is 2.29. The number of nitrogens with zero attached hydrogens (tertiary/aromatic N) is 1. The Labute approximate surface area is 123 Å². The van der Waals surface area contributed by atoms with Crippen LogP contribution in [0, 0.1) is 0 Å². The Morgan fingerprint density at radius 3 is 3.00 bits per heavy atom. The van der Waals surface area contributed by atoms with Crippen molar-refractivity contribution in [3.05, 3.63) is 36.0 Å². The minimum atomic E-state index is -0.193. The Morgan fingerprint density at radius 2 is 2.19 bits per heavy atom. The fourth-order valence-corrected chi connectivity index (χ4v) is 2.96. The van der Waals surface area contributed by atoms with Gasteiger partial charge in [0.25, 0.3) is 5.91 Å². The van der Waals surface area contributed by atoms with Crippen molar-refractivity contribution in [2.24, 2.45) is 0 Å². The molecule has 1 aliphatic rings. The van der Waals surface area contributed by atoms with Crippen LogP contribution in [0.3, 0.4) is 0 Å². The van der Waals surface area contributed by atoms with Crippen LogP contribution in [0.25, 0.3) is 10.8 Å². The predicted molar refractivity (Wildman–Crippen MR) is 82.1 cm³/mol. The minimum absolute atomic E-state index is 0.0528. The van der Waals surface area contributed by atoms with Gasteiger partial charge in [-0.3, -0.25) is 4.79 Å². The number of methoxy groups -OCH3 is 1. The van der Waals surface area contributed by atoms with Crippen LogP contribution in [-0.4, -0.2) is 30.1 Å². The van der Waals surface area contributed by atoms with E-state index in [4.69, 9.17) is 10.5 Å². The highest BCUT2D eigenvalue weighted by molar-refractivity contribution is 5.99. The van der Waals surface area contributed by atoms with Gasteiger partial charge in [0.2, 0.25) is 0 Å². The molecule has 110 valence electrons. The number of amides is 1. The minimum Gasteiger partial charge on any atom is -0.383 e. The van der Waals surface area contributed by atoms with Crippen molar-refractivity contribution in [2.75, 3.05) is 12.8 Å². The van der Waals surface area contributed by atoms with E-state index in [0.29, 0.717) is 11.5 Å². The number of nitrogen functional groups attached to an aromatic ring is 1. The molecular formula is C16H19N3O2. The Hall–Kier alpha value is -2.14. The lowest BCUT2D eigenvalue weighted by molar-refractivity contribution is 0.0719. The zero-order valence-corrected chi connectivity index (χ0v) is 12.0. The van der Waals surface area contributed by atoms with Gasteiger partial charge >= 0.3 is 0 Å². The van der Waals surface area contributed by atoms with Crippen molar-refractivity contribution >= 4 is 22.5 Å². The molecule has 1 fully saturated rings. The molecule has 0 spiro atoms. The Balaban J connectivity index is 1.84. The first-order valence-electron chi connectivity index (χ1n) is 7.18. The van der Waals surface area contributed by atoms with Crippen LogP contribution >= 0.6 is 0 Å². The third-order valence-corrected chi connectivity index (χ3v) is 4.07. The molecular weight excluding hydrogens is 266 g/mol. The third kappa shape index (κ3) is 2.69. The normalized spacial score (nSPS) is 21.6. The molecule has 0 radical (unpaired) electrons. The summed E-state index contributed by atoms with van der Waals surface area (Å²) >= 11 is 0. The number of benzene rings is 1. The van der Waals surface area contributed by atoms with Crippen molar-refractivity contribution in [3.8, 4) is 0 Å². The van der Waals surface area contributed by atoms with Gasteiger partial charge in [-0.1, -0.05) is 24.3 Å². The predicted octanol–water partition coefficient (Wildman–Crippen LogP) is 2.11. The number of anilines is 1. The van der Waals surface area contributed by atoms with Crippen LogP contribution in [0.2, 0.25) is 0 Å². The first-order valence-corrected chi connectivity index (χ1v) is 7.18. The molecule has 5 heteroatoms. The summed E-state index contributed by atoms with van der Waals surface area (Å²) in [4.78, 5) is 16.6. The number of ether oxygens (including phenoxy) is 1. The summed E-state index contributed by atoms with van der Waals surface area (Å²) in [5, 5.41) is 4.79. The van der Waals surface area contributed by atoms with Crippen LogP contribution in [0.5, 0.6) is 0 Å². The van der Waals surface area contributed by atoms with Crippen molar-refractivity contribution < 1.29 is 9.53 Å². The van der Waals surface area contributed by atoms with E-state index in [2.05, 4.69) is 10.3 Å². The van der Waals surface area contributed by atoms with Crippen LogP contribution < -0.4 is 11.1 Å². The molecule has 3 N–H and O–H groups in total. The van der Waals surface area contributed by atoms with Gasteiger partial charge in [-0.25, -0.2) is 4.98 Å². The maximum absolute atomic E-state index is 12.4. The van der Waals surface area contributed by atoms with E-state index in [1.54, 1.807) is 13.2 Å². The number of fused-ring (bicyclic) bond motifs is 1. The number of pyridine rings is 1. The summed E-state index contributed by atoms with van der Waals surface area (Å²) in [6, 6.07) is 9.48. The molecule has 1 saturated carbocycles. The molecule has 21 heavy (non-hydrogen) atoms. The lowest BCUT2D eigenvalue weighted by Crippen LogP contribution is -2.41. The van der Waals surface area contributed by atoms with E-state index in [-0.39, 0.29) is 18.1 Å². The standard InChI is InChI=1S/C16H19N3O2/c1-21-14-8-4-7-12(14)19-16(20)13-9-10-5-2-3-6-11(10)15(17)18-13/h2-3,5-6,9,12,14H,4,7-8H2,1H3,(H2,17,18)(H,19,20). The van der Waals surface area contributed by atoms with Crippen molar-refractivity contribution in [3.63, 3.8) is 0 Å². The second-order valence-corrected chi connectivity index (χ2v) is 5.40. The zero-order chi connectivity index (χ0) is 14.8. The van der Waals surface area contributed by atoms with Gasteiger partial charge in [0.1, 0.15) is 11.5 Å². The van der Waals surface area contributed by atoms with Crippen molar-refractivity contribution in [1.29, 1.82) is 0 Å². The summed E-state index contributed by atoms with van der Waals surface area (Å²) in [6.07, 6.45) is 3.07. The summed E-state index contributed by atoms with van der Waals surface area (Å²) in [6.45, 7) is 0. The first-order chi connectivity index (χ1) is 10.2. The van der Waals surface area contributed by atoms with Crippen LogP contribution in [0.15, 0.2) is 30.3 Å². The third-order valence-electron chi connectivity index (χ3n) is 4.07. The Bertz CT molecular complexity index is 672. The maximum atomic E-state index is 12.4. The smallest absolute Gasteiger partial charge is 0.270 e. The lowest BCUT2D eigenvalue weighted by Gasteiger charge is -2.19. The number of nitrogens with one attached hydrogen (secondary N) is 1. The van der Waals surface area contributed by atoms with E-state index < -0.39 is 0 Å². The molecule has 0 aliphatic heterocycles. The second kappa shape index (κ2) is 5.69. The molecule has 5 nitrogen and oxygen atoms in total. The number of rotatable bonds is 3. The number of hydrogen-bond acceptors (Lipinski definition) is 4. The van der Waals surface area contributed by atoms with E-state index in [1.165, 1.54) is 0 Å². The van der Waals surface area contributed by atoms with Crippen LogP contribution in [0.1, 0.15) is 29.8 Å². The molecule has 0 saturated heterocycles. The molecule has 1 aliphatic carbocycles. The first kappa shape index (κ1) is 13.8. The van der Waals surface area contributed by atoms with E-state index in [9.17, 15) is 4.79 Å². The van der Waals surface area contributed by atoms with Gasteiger partial charge in [-0.2, -0.15) is 0 Å². The van der Waals surface area contributed by atoms with Gasteiger partial charge in [0, 0.05) is 12.5 Å². The molecule has 3 rings (SSSR count). The van der Waals surface area contributed by atoms with E-state index in [1.807, 2.05) is 24.3 Å². The number of nitrogens with two attached hydrogens (primary N) is 1. The monoisotopic (exact) mass is 285 g/mol. The number of carbonyl (C=O) groups excluding carboxylic acids is 1. The SMILES string of the molecule is COC1CCCC1NC(=O)c1cc2ccccc2c(N)n1. The Morgan fingerprint density at radius 1 is 1.38 bits per heavy atom. The molecule has 2 atom stereocenters. The van der Waals surface area contributed by atoms with Gasteiger partial charge in [0.15, 0.2) is 0 Å². The summed E-state index contributed by atoms with van der Waals surface area (Å²) in [5.41, 5.74) is 6.30. The molecule has 1 aromatic carbocycles. The molecule has 0 bridgehead atoms. The fraction of sp³-hybridized carbons (Fsp3) is 0.375. The van der Waals surface area contributed by atoms with Gasteiger partial charge in [-0.05, 0) is 30.7 Å². The molecule has 1 aromatic heterocycles. The molecule has 2 aromatic rings. The van der Waals surface area contributed by atoms with Gasteiger partial charge in [-0.15, -0.1) is 0 Å². The number of aromatic nitrogens is 1. The lowest BCUT2D eigenvalue weighted by atomic mass is 10.1. The highest BCUT2D eigenvalue weighted by atomic mass is 16.5. The van der Waals surface area contributed by atoms with Gasteiger partial charge in [0.05, 0.1) is 12.1 Å². The maximum Gasteiger partial charge on any atom is 0.270 e. The largest absolute Gasteiger partial charge is 0.383 e. The average Bonchev–Trinajstić information content (AvgIpc) is 2.94. The average molecular weight is 285 g/mol. The van der Waals surface area contributed by atoms with E-state index in [0.717, 1.165) is 30.0 Å². The van der Waals surface area contributed by atoms with Crippen molar-refractivity contribution in [2.45, 2.75) is 31.4 Å². The highest BCUT2D eigenvalue weighted by Crippen LogP contribution is 2.23. The van der Waals surface area contributed by atoms with Crippen molar-refractivity contribution in [1.82, 2.24) is 10.3 Å². The second-order valence-electron chi connectivity index (χ2n) is 5.40. The Kier molecular flexibility index (Phi) is 3.75. The van der Waals surface area contributed by atoms with Crippen LogP contribution in [-0.2, 0) is 4.74 Å². The molecule has 1 amide bonds. The van der Waals surface area contributed by atoms with E-state index >= 15 is 0 Å². The van der Waals surface area contributed by atoms with Gasteiger partial charge < -0.3 is 15.8 Å². The summed E-state index contributed by atoms with van der Waals surface area (Å²) in [5.74, 6) is 0.189.